The van der Waals surface area contributed by atoms with Gasteiger partial charge in [-0.2, -0.15) is 0 Å². The van der Waals surface area contributed by atoms with E-state index in [1.165, 1.54) is 11.8 Å². The lowest BCUT2D eigenvalue weighted by atomic mass is 10.2. The molecule has 2 amide bonds. The standard InChI is InChI=1S/C20H17N3O2S/c1-21-18(24)14-7-5-8-15(13-14)23-19(25)17-11-6-12-22-20(17)26-16-9-3-2-4-10-16/h2-13H,1H3,(H,21,24)(H,23,25). The SMILES string of the molecule is CNC(=O)c1cccc(NC(=O)c2cccnc2Sc2ccccc2)c1. The predicted molar refractivity (Wildman–Crippen MR) is 103 cm³/mol. The summed E-state index contributed by atoms with van der Waals surface area (Å²) < 4.78 is 0. The van der Waals surface area contributed by atoms with Crippen LogP contribution < -0.4 is 10.6 Å². The number of rotatable bonds is 5. The van der Waals surface area contributed by atoms with Crippen LogP contribution in [0.1, 0.15) is 20.7 Å². The Hall–Kier alpha value is -3.12. The second kappa shape index (κ2) is 8.31. The summed E-state index contributed by atoms with van der Waals surface area (Å²) in [5.41, 5.74) is 1.51. The molecule has 2 aromatic carbocycles. The summed E-state index contributed by atoms with van der Waals surface area (Å²) in [5.74, 6) is -0.478. The zero-order chi connectivity index (χ0) is 18.4. The summed E-state index contributed by atoms with van der Waals surface area (Å²) in [5, 5.41) is 6.02. The maximum Gasteiger partial charge on any atom is 0.258 e. The lowest BCUT2D eigenvalue weighted by Gasteiger charge is -2.10. The second-order valence-electron chi connectivity index (χ2n) is 5.39. The van der Waals surface area contributed by atoms with Crippen molar-refractivity contribution >= 4 is 29.3 Å². The molecule has 5 nitrogen and oxygen atoms in total. The van der Waals surface area contributed by atoms with Gasteiger partial charge in [-0.25, -0.2) is 4.98 Å². The Kier molecular flexibility index (Phi) is 5.66. The van der Waals surface area contributed by atoms with Gasteiger partial charge in [-0.3, -0.25) is 9.59 Å². The molecule has 0 aliphatic rings. The number of carbonyl (C=O) groups excluding carboxylic acids is 2. The first kappa shape index (κ1) is 17.7. The summed E-state index contributed by atoms with van der Waals surface area (Å²) in [6.07, 6.45) is 1.66. The van der Waals surface area contributed by atoms with Gasteiger partial charge in [0.2, 0.25) is 0 Å². The van der Waals surface area contributed by atoms with Gasteiger partial charge >= 0.3 is 0 Å². The van der Waals surface area contributed by atoms with E-state index in [1.807, 2.05) is 30.3 Å². The summed E-state index contributed by atoms with van der Waals surface area (Å²) in [6, 6.07) is 20.0. The Labute approximate surface area is 155 Å². The quantitative estimate of drug-likeness (QED) is 0.722. The number of carbonyl (C=O) groups is 2. The number of hydrogen-bond donors (Lipinski definition) is 2. The highest BCUT2D eigenvalue weighted by Gasteiger charge is 2.14. The Balaban J connectivity index is 1.81. The molecular formula is C20H17N3O2S. The van der Waals surface area contributed by atoms with Crippen LogP contribution in [-0.4, -0.2) is 23.8 Å². The highest BCUT2D eigenvalue weighted by atomic mass is 32.2. The summed E-state index contributed by atoms with van der Waals surface area (Å²) in [4.78, 5) is 29.8. The van der Waals surface area contributed by atoms with E-state index in [0.29, 0.717) is 21.8 Å². The summed E-state index contributed by atoms with van der Waals surface area (Å²) in [6.45, 7) is 0. The number of amides is 2. The van der Waals surface area contributed by atoms with Crippen LogP contribution in [0.15, 0.2) is 82.8 Å². The molecule has 3 rings (SSSR count). The highest BCUT2D eigenvalue weighted by molar-refractivity contribution is 7.99. The molecule has 0 radical (unpaired) electrons. The Morgan fingerprint density at radius 3 is 2.50 bits per heavy atom. The fourth-order valence-electron chi connectivity index (χ4n) is 2.33. The first-order valence-electron chi connectivity index (χ1n) is 7.99. The van der Waals surface area contributed by atoms with Crippen LogP contribution in [-0.2, 0) is 0 Å². The molecule has 1 heterocycles. The number of nitrogens with zero attached hydrogens (tertiary/aromatic N) is 1. The average molecular weight is 363 g/mol. The molecule has 0 fully saturated rings. The van der Waals surface area contributed by atoms with Crippen molar-refractivity contribution in [2.24, 2.45) is 0 Å². The third-order valence-electron chi connectivity index (χ3n) is 3.58. The number of pyridine rings is 1. The van der Waals surface area contributed by atoms with Gasteiger partial charge < -0.3 is 10.6 Å². The number of aromatic nitrogens is 1. The minimum atomic E-state index is -0.273. The van der Waals surface area contributed by atoms with Gasteiger partial charge in [0, 0.05) is 29.4 Å². The molecule has 130 valence electrons. The Bertz CT molecular complexity index is 929. The van der Waals surface area contributed by atoms with Crippen molar-refractivity contribution in [3.63, 3.8) is 0 Å². The lowest BCUT2D eigenvalue weighted by molar-refractivity contribution is 0.0961. The number of anilines is 1. The molecule has 0 bridgehead atoms. The molecule has 6 heteroatoms. The van der Waals surface area contributed by atoms with Crippen LogP contribution in [0.3, 0.4) is 0 Å². The van der Waals surface area contributed by atoms with E-state index < -0.39 is 0 Å². The van der Waals surface area contributed by atoms with Gasteiger partial charge in [-0.05, 0) is 42.5 Å². The predicted octanol–water partition coefficient (Wildman–Crippen LogP) is 3.84. The molecule has 26 heavy (non-hydrogen) atoms. The van der Waals surface area contributed by atoms with Crippen molar-refractivity contribution in [1.82, 2.24) is 10.3 Å². The average Bonchev–Trinajstić information content (AvgIpc) is 2.68. The molecular weight excluding hydrogens is 346 g/mol. The van der Waals surface area contributed by atoms with Crippen LogP contribution in [0.2, 0.25) is 0 Å². The molecule has 0 atom stereocenters. The maximum absolute atomic E-state index is 12.7. The lowest BCUT2D eigenvalue weighted by Crippen LogP contribution is -2.18. The first-order chi connectivity index (χ1) is 12.7. The van der Waals surface area contributed by atoms with E-state index in [9.17, 15) is 9.59 Å². The third-order valence-corrected chi connectivity index (χ3v) is 4.61. The van der Waals surface area contributed by atoms with Gasteiger partial charge in [0.05, 0.1) is 5.56 Å². The fourth-order valence-corrected chi connectivity index (χ4v) is 3.23. The smallest absolute Gasteiger partial charge is 0.258 e. The third kappa shape index (κ3) is 4.29. The molecule has 2 N–H and O–H groups in total. The van der Waals surface area contributed by atoms with Crippen molar-refractivity contribution < 1.29 is 9.59 Å². The van der Waals surface area contributed by atoms with E-state index in [1.54, 1.807) is 49.6 Å². The number of nitrogens with one attached hydrogen (secondary N) is 2. The van der Waals surface area contributed by atoms with Crippen LogP contribution >= 0.6 is 11.8 Å². The number of benzene rings is 2. The molecule has 0 aliphatic heterocycles. The van der Waals surface area contributed by atoms with Gasteiger partial charge in [-0.1, -0.05) is 36.0 Å². The van der Waals surface area contributed by atoms with E-state index >= 15 is 0 Å². The van der Waals surface area contributed by atoms with E-state index in [2.05, 4.69) is 15.6 Å². The van der Waals surface area contributed by atoms with E-state index in [0.717, 1.165) is 4.90 Å². The maximum atomic E-state index is 12.7. The van der Waals surface area contributed by atoms with Crippen molar-refractivity contribution in [3.8, 4) is 0 Å². The van der Waals surface area contributed by atoms with Crippen LogP contribution in [0, 0.1) is 0 Å². The van der Waals surface area contributed by atoms with Gasteiger partial charge in [-0.15, -0.1) is 0 Å². The van der Waals surface area contributed by atoms with Crippen molar-refractivity contribution in [2.75, 3.05) is 12.4 Å². The van der Waals surface area contributed by atoms with Gasteiger partial charge in [0.25, 0.3) is 11.8 Å². The summed E-state index contributed by atoms with van der Waals surface area (Å²) in [7, 11) is 1.57. The van der Waals surface area contributed by atoms with E-state index in [4.69, 9.17) is 0 Å². The van der Waals surface area contributed by atoms with Crippen LogP contribution in [0.25, 0.3) is 0 Å². The van der Waals surface area contributed by atoms with Crippen molar-refractivity contribution in [3.05, 3.63) is 84.1 Å². The highest BCUT2D eigenvalue weighted by Crippen LogP contribution is 2.28. The zero-order valence-corrected chi connectivity index (χ0v) is 14.9. The van der Waals surface area contributed by atoms with Crippen molar-refractivity contribution in [1.29, 1.82) is 0 Å². The van der Waals surface area contributed by atoms with Crippen molar-refractivity contribution in [2.45, 2.75) is 9.92 Å². The first-order valence-corrected chi connectivity index (χ1v) is 8.80. The Morgan fingerprint density at radius 2 is 1.73 bits per heavy atom. The second-order valence-corrected chi connectivity index (χ2v) is 6.45. The molecule has 0 saturated heterocycles. The molecule has 0 spiro atoms. The van der Waals surface area contributed by atoms with Gasteiger partial charge in [0.1, 0.15) is 5.03 Å². The Morgan fingerprint density at radius 1 is 0.923 bits per heavy atom. The normalized spacial score (nSPS) is 10.2. The largest absolute Gasteiger partial charge is 0.355 e. The monoisotopic (exact) mass is 363 g/mol. The molecule has 1 aromatic heterocycles. The molecule has 3 aromatic rings. The van der Waals surface area contributed by atoms with E-state index in [-0.39, 0.29) is 11.8 Å². The fraction of sp³-hybridized carbons (Fsp3) is 0.0500. The van der Waals surface area contributed by atoms with Crippen LogP contribution in [0.5, 0.6) is 0 Å². The number of hydrogen-bond acceptors (Lipinski definition) is 4. The minimum absolute atomic E-state index is 0.206. The van der Waals surface area contributed by atoms with Gasteiger partial charge in [0.15, 0.2) is 0 Å². The molecule has 0 unspecified atom stereocenters. The summed E-state index contributed by atoms with van der Waals surface area (Å²) >= 11 is 1.43. The minimum Gasteiger partial charge on any atom is -0.355 e. The molecule has 0 aliphatic carbocycles. The topological polar surface area (TPSA) is 71.1 Å². The van der Waals surface area contributed by atoms with Crippen LogP contribution in [0.4, 0.5) is 5.69 Å². The molecule has 0 saturated carbocycles. The zero-order valence-electron chi connectivity index (χ0n) is 14.1.